The molecule has 114 valence electrons. The Balaban J connectivity index is 2.07. The average Bonchev–Trinajstić information content (AvgIpc) is 2.88. The van der Waals surface area contributed by atoms with Crippen molar-refractivity contribution in [3.05, 3.63) is 12.2 Å². The average molecular weight is 282 g/mol. The molecule has 1 aliphatic rings. The van der Waals surface area contributed by atoms with Crippen molar-refractivity contribution in [3.8, 4) is 0 Å². The Morgan fingerprint density at radius 3 is 2.85 bits per heavy atom. The van der Waals surface area contributed by atoms with Crippen molar-refractivity contribution in [1.82, 2.24) is 14.8 Å². The monoisotopic (exact) mass is 282 g/mol. The van der Waals surface area contributed by atoms with Crippen molar-refractivity contribution in [3.63, 3.8) is 0 Å². The minimum absolute atomic E-state index is 0.0776. The third-order valence-electron chi connectivity index (χ3n) is 3.98. The summed E-state index contributed by atoms with van der Waals surface area (Å²) in [6.07, 6.45) is 5.04. The molecule has 0 spiro atoms. The van der Waals surface area contributed by atoms with E-state index in [0.717, 1.165) is 44.8 Å². The van der Waals surface area contributed by atoms with Gasteiger partial charge in [0.15, 0.2) is 0 Å². The predicted octanol–water partition coefficient (Wildman–Crippen LogP) is 1.14. The zero-order chi connectivity index (χ0) is 14.4. The van der Waals surface area contributed by atoms with Gasteiger partial charge in [0.25, 0.3) is 0 Å². The summed E-state index contributed by atoms with van der Waals surface area (Å²) < 4.78 is 13.4. The smallest absolute Gasteiger partial charge is 0.138 e. The molecule has 0 amide bonds. The minimum atomic E-state index is -0.282. The normalized spacial score (nSPS) is 19.9. The molecule has 1 aliphatic heterocycles. The summed E-state index contributed by atoms with van der Waals surface area (Å²) in [5, 5.41) is 4.26. The van der Waals surface area contributed by atoms with Crippen LogP contribution < -0.4 is 5.73 Å². The van der Waals surface area contributed by atoms with Gasteiger partial charge in [0, 0.05) is 51.7 Å². The summed E-state index contributed by atoms with van der Waals surface area (Å²) in [5.74, 6) is 0.949. The molecular formula is C14H26N4O2. The van der Waals surface area contributed by atoms with Gasteiger partial charge in [-0.15, -0.1) is 0 Å². The van der Waals surface area contributed by atoms with Crippen LogP contribution in [0, 0.1) is 0 Å². The van der Waals surface area contributed by atoms with Gasteiger partial charge in [0.05, 0.1) is 5.60 Å². The lowest BCUT2D eigenvalue weighted by molar-refractivity contribution is -0.120. The first-order chi connectivity index (χ1) is 9.72. The molecule has 0 aromatic carbocycles. The largest absolute Gasteiger partial charge is 0.381 e. The fraction of sp³-hybridized carbons (Fsp3) is 0.857. The van der Waals surface area contributed by atoms with E-state index in [2.05, 4.69) is 17.0 Å². The van der Waals surface area contributed by atoms with Crippen LogP contribution in [0.4, 0.5) is 0 Å². The van der Waals surface area contributed by atoms with Gasteiger partial charge in [0.2, 0.25) is 0 Å². The lowest BCUT2D eigenvalue weighted by Gasteiger charge is -2.41. The fourth-order valence-electron chi connectivity index (χ4n) is 2.85. The lowest BCUT2D eigenvalue weighted by atomic mass is 9.84. The Morgan fingerprint density at radius 1 is 1.45 bits per heavy atom. The number of nitrogens with zero attached hydrogens (tertiary/aromatic N) is 3. The Labute approximate surface area is 120 Å². The van der Waals surface area contributed by atoms with Crippen LogP contribution in [0.25, 0.3) is 0 Å². The molecule has 0 radical (unpaired) electrons. The maximum Gasteiger partial charge on any atom is 0.138 e. The first-order valence-electron chi connectivity index (χ1n) is 7.56. The van der Waals surface area contributed by atoms with E-state index in [-0.39, 0.29) is 11.6 Å². The second kappa shape index (κ2) is 7.15. The van der Waals surface area contributed by atoms with E-state index >= 15 is 0 Å². The Hall–Kier alpha value is -0.980. The molecule has 0 bridgehead atoms. The summed E-state index contributed by atoms with van der Waals surface area (Å²) in [6, 6.07) is -0.0776. The van der Waals surface area contributed by atoms with Crippen LogP contribution >= 0.6 is 0 Å². The van der Waals surface area contributed by atoms with Crippen molar-refractivity contribution in [2.24, 2.45) is 5.73 Å². The van der Waals surface area contributed by atoms with Gasteiger partial charge >= 0.3 is 0 Å². The Morgan fingerprint density at radius 2 is 2.20 bits per heavy atom. The van der Waals surface area contributed by atoms with Gasteiger partial charge in [-0.05, 0) is 13.3 Å². The summed E-state index contributed by atoms with van der Waals surface area (Å²) in [5.41, 5.74) is 6.18. The van der Waals surface area contributed by atoms with E-state index in [1.807, 2.05) is 11.6 Å². The first kappa shape index (κ1) is 15.4. The van der Waals surface area contributed by atoms with E-state index in [1.54, 1.807) is 6.33 Å². The number of aromatic nitrogens is 3. The van der Waals surface area contributed by atoms with Crippen molar-refractivity contribution >= 4 is 0 Å². The SMILES string of the molecule is CCCn1ncnc1CC(N)C1(OCC)CCOCC1. The van der Waals surface area contributed by atoms with Crippen molar-refractivity contribution < 1.29 is 9.47 Å². The molecule has 1 atom stereocenters. The first-order valence-corrected chi connectivity index (χ1v) is 7.56. The second-order valence-corrected chi connectivity index (χ2v) is 5.32. The second-order valence-electron chi connectivity index (χ2n) is 5.32. The van der Waals surface area contributed by atoms with E-state index in [4.69, 9.17) is 15.2 Å². The van der Waals surface area contributed by atoms with Gasteiger partial charge in [-0.25, -0.2) is 4.98 Å². The highest BCUT2D eigenvalue weighted by molar-refractivity contribution is 5.00. The number of aryl methyl sites for hydroxylation is 1. The van der Waals surface area contributed by atoms with E-state index < -0.39 is 0 Å². The molecule has 6 nitrogen and oxygen atoms in total. The lowest BCUT2D eigenvalue weighted by Crippen LogP contribution is -2.54. The van der Waals surface area contributed by atoms with Crippen LogP contribution in [0.1, 0.15) is 38.9 Å². The number of hydrogen-bond donors (Lipinski definition) is 1. The van der Waals surface area contributed by atoms with Gasteiger partial charge in [-0.3, -0.25) is 4.68 Å². The van der Waals surface area contributed by atoms with Gasteiger partial charge < -0.3 is 15.2 Å². The van der Waals surface area contributed by atoms with Gasteiger partial charge in [-0.1, -0.05) is 6.92 Å². The summed E-state index contributed by atoms with van der Waals surface area (Å²) in [7, 11) is 0. The molecule has 2 N–H and O–H groups in total. The maximum absolute atomic E-state index is 6.46. The van der Waals surface area contributed by atoms with E-state index in [0.29, 0.717) is 13.0 Å². The third-order valence-corrected chi connectivity index (χ3v) is 3.98. The highest BCUT2D eigenvalue weighted by atomic mass is 16.5. The van der Waals surface area contributed by atoms with Crippen LogP contribution in [0.3, 0.4) is 0 Å². The zero-order valence-electron chi connectivity index (χ0n) is 12.5. The number of rotatable bonds is 7. The molecule has 20 heavy (non-hydrogen) atoms. The summed E-state index contributed by atoms with van der Waals surface area (Å²) in [4.78, 5) is 4.35. The number of nitrogens with two attached hydrogens (primary N) is 1. The number of hydrogen-bond acceptors (Lipinski definition) is 5. The van der Waals surface area contributed by atoms with Crippen LogP contribution in [0.2, 0.25) is 0 Å². The van der Waals surface area contributed by atoms with E-state index in [1.165, 1.54) is 0 Å². The summed E-state index contributed by atoms with van der Waals surface area (Å²) >= 11 is 0. The fourth-order valence-corrected chi connectivity index (χ4v) is 2.85. The Bertz CT molecular complexity index is 396. The molecule has 1 saturated heterocycles. The quantitative estimate of drug-likeness (QED) is 0.812. The topological polar surface area (TPSA) is 75.2 Å². The highest BCUT2D eigenvalue weighted by Gasteiger charge is 2.39. The number of ether oxygens (including phenoxy) is 2. The van der Waals surface area contributed by atoms with Crippen molar-refractivity contribution in [2.75, 3.05) is 19.8 Å². The Kier molecular flexibility index (Phi) is 5.51. The standard InChI is InChI=1S/C14H26N4O2/c1-3-7-18-13(16-11-17-18)10-12(15)14(20-4-2)5-8-19-9-6-14/h11-12H,3-10,15H2,1-2H3. The van der Waals surface area contributed by atoms with Crippen LogP contribution in [0.5, 0.6) is 0 Å². The highest BCUT2D eigenvalue weighted by Crippen LogP contribution is 2.29. The molecule has 0 saturated carbocycles. The van der Waals surface area contributed by atoms with Crippen molar-refractivity contribution in [1.29, 1.82) is 0 Å². The molecule has 1 unspecified atom stereocenters. The van der Waals surface area contributed by atoms with Crippen LogP contribution in [-0.4, -0.2) is 46.2 Å². The van der Waals surface area contributed by atoms with Crippen LogP contribution in [-0.2, 0) is 22.4 Å². The third kappa shape index (κ3) is 3.37. The molecule has 1 fully saturated rings. The molecular weight excluding hydrogens is 256 g/mol. The molecule has 1 aromatic rings. The summed E-state index contributed by atoms with van der Waals surface area (Å²) in [6.45, 7) is 7.14. The molecule has 1 aromatic heterocycles. The van der Waals surface area contributed by atoms with Crippen LogP contribution in [0.15, 0.2) is 6.33 Å². The molecule has 2 heterocycles. The minimum Gasteiger partial charge on any atom is -0.381 e. The van der Waals surface area contributed by atoms with Crippen molar-refractivity contribution in [2.45, 2.75) is 57.7 Å². The van der Waals surface area contributed by atoms with Gasteiger partial charge in [-0.2, -0.15) is 5.10 Å². The molecule has 0 aliphatic carbocycles. The predicted molar refractivity (Wildman–Crippen MR) is 76.4 cm³/mol. The van der Waals surface area contributed by atoms with E-state index in [9.17, 15) is 0 Å². The molecule has 6 heteroatoms. The van der Waals surface area contributed by atoms with Gasteiger partial charge in [0.1, 0.15) is 12.2 Å². The maximum atomic E-state index is 6.46. The zero-order valence-corrected chi connectivity index (χ0v) is 12.5. The molecule has 2 rings (SSSR count).